The Morgan fingerprint density at radius 3 is 3.13 bits per heavy atom. The van der Waals surface area contributed by atoms with Gasteiger partial charge in [-0.2, -0.15) is 0 Å². The summed E-state index contributed by atoms with van der Waals surface area (Å²) in [6, 6.07) is 5.34. The number of carbonyl (C=O) groups excluding carboxylic acids is 2. The van der Waals surface area contributed by atoms with Crippen LogP contribution in [0.1, 0.15) is 29.3 Å². The molecule has 1 amide bonds. The second kappa shape index (κ2) is 7.10. The molecule has 1 aromatic carbocycles. The number of fused-ring (bicyclic) bond motifs is 1. The van der Waals surface area contributed by atoms with Crippen molar-refractivity contribution in [3.8, 4) is 0 Å². The first-order chi connectivity index (χ1) is 11.2. The molecule has 1 aliphatic rings. The van der Waals surface area contributed by atoms with E-state index >= 15 is 0 Å². The zero-order valence-electron chi connectivity index (χ0n) is 12.6. The lowest BCUT2D eigenvalue weighted by Crippen LogP contribution is -2.03. The Balaban J connectivity index is 1.58. The highest BCUT2D eigenvalue weighted by molar-refractivity contribution is 8.01. The molecule has 0 saturated heterocycles. The third-order valence-corrected chi connectivity index (χ3v) is 5.33. The summed E-state index contributed by atoms with van der Waals surface area (Å²) in [5.74, 6) is 0.304. The Morgan fingerprint density at radius 2 is 2.30 bits per heavy atom. The Labute approximate surface area is 142 Å². The summed E-state index contributed by atoms with van der Waals surface area (Å²) < 4.78 is 0.773. The average Bonchev–Trinajstić information content (AvgIpc) is 3.14. The van der Waals surface area contributed by atoms with Crippen LogP contribution in [0.4, 0.5) is 10.8 Å². The van der Waals surface area contributed by atoms with E-state index in [0.29, 0.717) is 17.7 Å². The van der Waals surface area contributed by atoms with Crippen LogP contribution in [-0.2, 0) is 11.2 Å². The molecule has 0 saturated carbocycles. The number of hydrogen-bond acceptors (Lipinski definition) is 7. The lowest BCUT2D eigenvalue weighted by Gasteiger charge is -2.02. The lowest BCUT2D eigenvalue weighted by molar-refractivity contribution is -0.115. The molecule has 0 aliphatic carbocycles. The molecule has 0 bridgehead atoms. The number of nitrogens with one attached hydrogen (secondary N) is 2. The maximum Gasteiger partial charge on any atom is 0.228 e. The van der Waals surface area contributed by atoms with Crippen molar-refractivity contribution in [2.75, 3.05) is 22.9 Å². The molecule has 1 aliphatic heterocycles. The minimum atomic E-state index is -0.0278. The van der Waals surface area contributed by atoms with Crippen LogP contribution in [0.3, 0.4) is 0 Å². The van der Waals surface area contributed by atoms with Crippen LogP contribution in [0.15, 0.2) is 22.5 Å². The third kappa shape index (κ3) is 3.89. The first-order valence-corrected chi connectivity index (χ1v) is 9.12. The summed E-state index contributed by atoms with van der Waals surface area (Å²) in [5.41, 5.74) is 2.31. The number of rotatable bonds is 7. The van der Waals surface area contributed by atoms with Crippen molar-refractivity contribution >= 4 is 45.6 Å². The number of anilines is 2. The van der Waals surface area contributed by atoms with Gasteiger partial charge in [0.2, 0.25) is 11.0 Å². The minimum absolute atomic E-state index is 0.0235. The van der Waals surface area contributed by atoms with Crippen LogP contribution < -0.4 is 10.6 Å². The maximum atomic E-state index is 12.3. The molecular weight excluding hydrogens is 332 g/mol. The molecular formula is C15H16N4O2S2. The fraction of sp³-hybridized carbons (Fsp3) is 0.333. The number of aromatic nitrogens is 2. The normalized spacial score (nSPS) is 12.8. The van der Waals surface area contributed by atoms with Gasteiger partial charge in [-0.1, -0.05) is 30.0 Å². The molecule has 1 aromatic heterocycles. The van der Waals surface area contributed by atoms with Crippen molar-refractivity contribution in [2.24, 2.45) is 0 Å². The number of hydrogen-bond donors (Lipinski definition) is 2. The van der Waals surface area contributed by atoms with Crippen molar-refractivity contribution in [1.29, 1.82) is 0 Å². The predicted octanol–water partition coefficient (Wildman–Crippen LogP) is 2.83. The second-order valence-electron chi connectivity index (χ2n) is 5.11. The first kappa shape index (κ1) is 15.9. The van der Waals surface area contributed by atoms with E-state index in [-0.39, 0.29) is 11.7 Å². The smallest absolute Gasteiger partial charge is 0.228 e. The number of carbonyl (C=O) groups is 2. The fourth-order valence-corrected chi connectivity index (χ4v) is 3.86. The lowest BCUT2D eigenvalue weighted by atomic mass is 10.1. The number of amides is 1. The molecule has 23 heavy (non-hydrogen) atoms. The molecule has 2 N–H and O–H groups in total. The van der Waals surface area contributed by atoms with E-state index in [1.54, 1.807) is 18.2 Å². The highest BCUT2D eigenvalue weighted by Gasteiger charge is 2.19. The maximum absolute atomic E-state index is 12.3. The molecule has 120 valence electrons. The number of thioether (sulfide) groups is 1. The average molecular weight is 348 g/mol. The van der Waals surface area contributed by atoms with E-state index in [1.807, 2.05) is 0 Å². The van der Waals surface area contributed by atoms with Crippen molar-refractivity contribution in [3.05, 3.63) is 29.3 Å². The Hall–Kier alpha value is -1.93. The van der Waals surface area contributed by atoms with Crippen LogP contribution >= 0.6 is 23.1 Å². The van der Waals surface area contributed by atoms with E-state index < -0.39 is 0 Å². The van der Waals surface area contributed by atoms with Crippen LogP contribution in [0.25, 0.3) is 0 Å². The molecule has 0 radical (unpaired) electrons. The Bertz CT molecular complexity index is 745. The minimum Gasteiger partial charge on any atom is -0.360 e. The van der Waals surface area contributed by atoms with E-state index in [4.69, 9.17) is 0 Å². The quantitative estimate of drug-likeness (QED) is 0.591. The van der Waals surface area contributed by atoms with Crippen LogP contribution in [0, 0.1) is 0 Å². The molecule has 0 spiro atoms. The van der Waals surface area contributed by atoms with Crippen LogP contribution in [0.2, 0.25) is 0 Å². The SMILES string of the molecule is CCCNc1nnc(SCC(=O)c2ccc3c(c2)CC(=O)N3)s1. The Morgan fingerprint density at radius 1 is 1.43 bits per heavy atom. The third-order valence-electron chi connectivity index (χ3n) is 3.31. The molecule has 0 atom stereocenters. The number of nitrogens with zero attached hydrogens (tertiary/aromatic N) is 2. The second-order valence-corrected chi connectivity index (χ2v) is 7.31. The van der Waals surface area contributed by atoms with Gasteiger partial charge >= 0.3 is 0 Å². The van der Waals surface area contributed by atoms with Gasteiger partial charge in [0, 0.05) is 17.8 Å². The van der Waals surface area contributed by atoms with E-state index in [0.717, 1.165) is 33.7 Å². The number of Topliss-reactive ketones (excluding diaryl/α,β-unsaturated/α-hetero) is 1. The van der Waals surface area contributed by atoms with Gasteiger partial charge in [0.1, 0.15) is 0 Å². The fourth-order valence-electron chi connectivity index (χ4n) is 2.18. The summed E-state index contributed by atoms with van der Waals surface area (Å²) in [5, 5.41) is 14.8. The van der Waals surface area contributed by atoms with Gasteiger partial charge in [0.05, 0.1) is 12.2 Å². The monoisotopic (exact) mass is 348 g/mol. The summed E-state index contributed by atoms with van der Waals surface area (Å²) >= 11 is 2.84. The summed E-state index contributed by atoms with van der Waals surface area (Å²) in [4.78, 5) is 23.6. The topological polar surface area (TPSA) is 84.0 Å². The van der Waals surface area contributed by atoms with Crippen LogP contribution in [0.5, 0.6) is 0 Å². The van der Waals surface area contributed by atoms with Gasteiger partial charge in [-0.15, -0.1) is 10.2 Å². The molecule has 0 unspecified atom stereocenters. The first-order valence-electron chi connectivity index (χ1n) is 7.32. The molecule has 2 heterocycles. The molecule has 0 fully saturated rings. The summed E-state index contributed by atoms with van der Waals surface area (Å²) in [6.07, 6.45) is 1.36. The van der Waals surface area contributed by atoms with Crippen molar-refractivity contribution < 1.29 is 9.59 Å². The van der Waals surface area contributed by atoms with Crippen molar-refractivity contribution in [2.45, 2.75) is 24.1 Å². The number of ketones is 1. The highest BCUT2D eigenvalue weighted by atomic mass is 32.2. The van der Waals surface area contributed by atoms with Gasteiger partial charge in [0.25, 0.3) is 0 Å². The molecule has 3 rings (SSSR count). The van der Waals surface area contributed by atoms with E-state index in [9.17, 15) is 9.59 Å². The predicted molar refractivity (Wildman–Crippen MR) is 92.5 cm³/mol. The molecule has 8 heteroatoms. The van der Waals surface area contributed by atoms with Gasteiger partial charge in [-0.3, -0.25) is 9.59 Å². The van der Waals surface area contributed by atoms with Gasteiger partial charge in [0.15, 0.2) is 10.1 Å². The van der Waals surface area contributed by atoms with Gasteiger partial charge in [-0.25, -0.2) is 0 Å². The molecule has 6 nitrogen and oxygen atoms in total. The van der Waals surface area contributed by atoms with Crippen molar-refractivity contribution in [3.63, 3.8) is 0 Å². The van der Waals surface area contributed by atoms with E-state index in [2.05, 4.69) is 27.8 Å². The number of benzene rings is 1. The zero-order chi connectivity index (χ0) is 16.2. The standard InChI is InChI=1S/C15H16N4O2S2/c1-2-5-16-14-18-19-15(23-14)22-8-12(20)9-3-4-11-10(6-9)7-13(21)17-11/h3-4,6H,2,5,7-8H2,1H3,(H,16,18)(H,17,21). The molecule has 2 aromatic rings. The summed E-state index contributed by atoms with van der Waals surface area (Å²) in [7, 11) is 0. The van der Waals surface area contributed by atoms with Crippen molar-refractivity contribution in [1.82, 2.24) is 10.2 Å². The van der Waals surface area contributed by atoms with E-state index in [1.165, 1.54) is 23.1 Å². The highest BCUT2D eigenvalue weighted by Crippen LogP contribution is 2.28. The Kier molecular flexibility index (Phi) is 4.92. The van der Waals surface area contributed by atoms with Gasteiger partial charge < -0.3 is 10.6 Å². The summed E-state index contributed by atoms with van der Waals surface area (Å²) in [6.45, 7) is 2.95. The zero-order valence-corrected chi connectivity index (χ0v) is 14.2. The van der Waals surface area contributed by atoms with Gasteiger partial charge in [-0.05, 0) is 30.2 Å². The van der Waals surface area contributed by atoms with Crippen LogP contribution in [-0.4, -0.2) is 34.2 Å². The largest absolute Gasteiger partial charge is 0.360 e.